The molecule has 36 heavy (non-hydrogen) atoms. The molecule has 0 spiro atoms. The summed E-state index contributed by atoms with van der Waals surface area (Å²) in [6, 6.07) is 23.9. The summed E-state index contributed by atoms with van der Waals surface area (Å²) >= 11 is 0. The van der Waals surface area contributed by atoms with Gasteiger partial charge in [0, 0.05) is 11.8 Å². The summed E-state index contributed by atoms with van der Waals surface area (Å²) < 4.78 is 9.95. The van der Waals surface area contributed by atoms with E-state index >= 15 is 0 Å². The van der Waals surface area contributed by atoms with E-state index in [4.69, 9.17) is 9.47 Å². The molecule has 7 nitrogen and oxygen atoms in total. The first-order valence-electron chi connectivity index (χ1n) is 11.4. The molecular formula is C29H24N2O5. The third kappa shape index (κ3) is 3.70. The van der Waals surface area contributed by atoms with E-state index in [1.54, 1.807) is 42.5 Å². The lowest BCUT2D eigenvalue weighted by Gasteiger charge is -2.46. The zero-order valence-electron chi connectivity index (χ0n) is 20.1. The van der Waals surface area contributed by atoms with E-state index in [0.717, 1.165) is 25.2 Å². The second-order valence-corrected chi connectivity index (χ2v) is 8.93. The van der Waals surface area contributed by atoms with Gasteiger partial charge in [0.15, 0.2) is 11.2 Å². The number of fused-ring (bicyclic) bond motifs is 1. The van der Waals surface area contributed by atoms with Crippen LogP contribution in [-0.2, 0) is 23.9 Å². The number of aryl methyl sites for hydroxylation is 1. The average Bonchev–Trinajstić information content (AvgIpc) is 2.92. The van der Waals surface area contributed by atoms with Gasteiger partial charge >= 0.3 is 11.9 Å². The Balaban J connectivity index is 2.12. The first-order chi connectivity index (χ1) is 17.3. The molecule has 4 rings (SSSR count). The summed E-state index contributed by atoms with van der Waals surface area (Å²) in [7, 11) is 2.27. The van der Waals surface area contributed by atoms with Crippen LogP contribution in [0, 0.1) is 46.8 Å². The Morgan fingerprint density at radius 1 is 0.806 bits per heavy atom. The standard InChI is InChI=1S/C29H24N2O5/c1-17-11-13-19(14-12-17)24-22(27(33)35-2)26(32)23(28(34)36-3)25(29(24,15-30)16-31)21-10-6-8-18-7-4-5-9-20(18)21/h4-14,22-25H,1-3H3. The van der Waals surface area contributed by atoms with E-state index in [9.17, 15) is 24.9 Å². The molecule has 0 heterocycles. The molecule has 180 valence electrons. The molecule has 1 fully saturated rings. The SMILES string of the molecule is COC(=O)C1C(=O)C(C(=O)OC)C(c2cccc3ccccc23)C(C#N)(C#N)C1c1ccc(C)cc1. The number of hydrogen-bond acceptors (Lipinski definition) is 7. The first kappa shape index (κ1) is 24.6. The molecule has 4 atom stereocenters. The maximum absolute atomic E-state index is 14.0. The maximum Gasteiger partial charge on any atom is 0.316 e. The maximum atomic E-state index is 14.0. The predicted octanol–water partition coefficient (Wildman–Crippen LogP) is 4.21. The summed E-state index contributed by atoms with van der Waals surface area (Å²) in [4.78, 5) is 40.2. The van der Waals surface area contributed by atoms with Crippen LogP contribution in [0.3, 0.4) is 0 Å². The van der Waals surface area contributed by atoms with Crippen LogP contribution in [0.1, 0.15) is 28.5 Å². The van der Waals surface area contributed by atoms with Crippen LogP contribution in [0.5, 0.6) is 0 Å². The Bertz CT molecular complexity index is 1410. The largest absolute Gasteiger partial charge is 0.468 e. The summed E-state index contributed by atoms with van der Waals surface area (Å²) in [5.74, 6) is -8.06. The smallest absolute Gasteiger partial charge is 0.316 e. The van der Waals surface area contributed by atoms with Gasteiger partial charge in [-0.1, -0.05) is 72.3 Å². The molecule has 0 bridgehead atoms. The number of ketones is 1. The van der Waals surface area contributed by atoms with Crippen molar-refractivity contribution in [1.29, 1.82) is 10.5 Å². The molecule has 3 aromatic carbocycles. The fourth-order valence-corrected chi connectivity index (χ4v) is 5.48. The normalized spacial score (nSPS) is 22.8. The number of rotatable bonds is 4. The third-order valence-corrected chi connectivity index (χ3v) is 7.14. The number of nitrogens with zero attached hydrogens (tertiary/aromatic N) is 2. The first-order valence-corrected chi connectivity index (χ1v) is 11.4. The molecule has 0 aliphatic heterocycles. The highest BCUT2D eigenvalue weighted by molar-refractivity contribution is 6.11. The summed E-state index contributed by atoms with van der Waals surface area (Å²) in [6.07, 6.45) is 0. The molecule has 0 saturated heterocycles. The lowest BCUT2D eigenvalue weighted by molar-refractivity contribution is -0.162. The van der Waals surface area contributed by atoms with Gasteiger partial charge in [-0.25, -0.2) is 0 Å². The van der Waals surface area contributed by atoms with Gasteiger partial charge in [-0.15, -0.1) is 0 Å². The Morgan fingerprint density at radius 3 is 1.94 bits per heavy atom. The topological polar surface area (TPSA) is 117 Å². The van der Waals surface area contributed by atoms with E-state index in [1.165, 1.54) is 0 Å². The zero-order valence-corrected chi connectivity index (χ0v) is 20.1. The third-order valence-electron chi connectivity index (χ3n) is 7.14. The molecule has 0 amide bonds. The Morgan fingerprint density at radius 2 is 1.36 bits per heavy atom. The molecule has 0 N–H and O–H groups in total. The number of hydrogen-bond donors (Lipinski definition) is 0. The number of ether oxygens (including phenoxy) is 2. The van der Waals surface area contributed by atoms with Gasteiger partial charge in [-0.3, -0.25) is 14.4 Å². The highest BCUT2D eigenvalue weighted by Crippen LogP contribution is 2.59. The van der Waals surface area contributed by atoms with Crippen LogP contribution >= 0.6 is 0 Å². The van der Waals surface area contributed by atoms with Crippen molar-refractivity contribution in [3.05, 3.63) is 83.4 Å². The molecule has 1 saturated carbocycles. The Labute approximate surface area is 208 Å². The van der Waals surface area contributed by atoms with Gasteiger partial charge in [0.2, 0.25) is 0 Å². The summed E-state index contributed by atoms with van der Waals surface area (Å²) in [5.41, 5.74) is -0.111. The number of carbonyl (C=O) groups excluding carboxylic acids is 3. The van der Waals surface area contributed by atoms with Gasteiger partial charge in [0.1, 0.15) is 11.8 Å². The lowest BCUT2D eigenvalue weighted by Crippen LogP contribution is -2.55. The minimum absolute atomic E-state index is 0.459. The van der Waals surface area contributed by atoms with Gasteiger partial charge in [0.05, 0.1) is 26.4 Å². The van der Waals surface area contributed by atoms with Crippen LogP contribution in [0.15, 0.2) is 66.7 Å². The van der Waals surface area contributed by atoms with E-state index in [-0.39, 0.29) is 0 Å². The molecule has 1 aliphatic carbocycles. The molecule has 0 radical (unpaired) electrons. The van der Waals surface area contributed by atoms with Crippen molar-refractivity contribution in [2.75, 3.05) is 14.2 Å². The van der Waals surface area contributed by atoms with Crippen LogP contribution in [0.4, 0.5) is 0 Å². The van der Waals surface area contributed by atoms with Gasteiger partial charge in [0.25, 0.3) is 0 Å². The fraction of sp³-hybridized carbons (Fsp3) is 0.276. The van der Waals surface area contributed by atoms with Crippen molar-refractivity contribution in [2.24, 2.45) is 17.3 Å². The summed E-state index contributed by atoms with van der Waals surface area (Å²) in [5, 5.41) is 22.9. The van der Waals surface area contributed by atoms with E-state index in [0.29, 0.717) is 16.5 Å². The van der Waals surface area contributed by atoms with Crippen LogP contribution in [0.25, 0.3) is 10.8 Å². The van der Waals surface area contributed by atoms with Gasteiger partial charge in [-0.2, -0.15) is 10.5 Å². The quantitative estimate of drug-likeness (QED) is 0.405. The minimum atomic E-state index is -1.98. The van der Waals surface area contributed by atoms with Crippen molar-refractivity contribution in [2.45, 2.75) is 18.8 Å². The molecule has 3 aromatic rings. The second-order valence-electron chi connectivity index (χ2n) is 8.93. The van der Waals surface area contributed by atoms with Gasteiger partial charge in [-0.05, 0) is 28.8 Å². The van der Waals surface area contributed by atoms with E-state index in [2.05, 4.69) is 12.1 Å². The molecular weight excluding hydrogens is 456 g/mol. The monoisotopic (exact) mass is 480 g/mol. The van der Waals surface area contributed by atoms with Gasteiger partial charge < -0.3 is 9.47 Å². The van der Waals surface area contributed by atoms with Crippen LogP contribution in [0.2, 0.25) is 0 Å². The van der Waals surface area contributed by atoms with Crippen molar-refractivity contribution in [3.8, 4) is 12.1 Å². The number of carbonyl (C=O) groups is 3. The average molecular weight is 481 g/mol. The molecule has 7 heteroatoms. The Kier molecular flexibility index (Phi) is 6.59. The van der Waals surface area contributed by atoms with E-state index < -0.39 is 46.8 Å². The second kappa shape index (κ2) is 9.64. The lowest BCUT2D eigenvalue weighted by atomic mass is 9.50. The fourth-order valence-electron chi connectivity index (χ4n) is 5.48. The van der Waals surface area contributed by atoms with Crippen molar-refractivity contribution >= 4 is 28.5 Å². The number of benzene rings is 3. The Hall–Kier alpha value is -4.49. The molecule has 0 aromatic heterocycles. The number of nitriles is 2. The number of Topliss-reactive ketones (excluding diaryl/α,β-unsaturated/α-hetero) is 1. The van der Waals surface area contributed by atoms with Crippen LogP contribution < -0.4 is 0 Å². The van der Waals surface area contributed by atoms with E-state index in [1.807, 2.05) is 31.2 Å². The minimum Gasteiger partial charge on any atom is -0.468 e. The number of methoxy groups -OCH3 is 2. The highest BCUT2D eigenvalue weighted by atomic mass is 16.5. The van der Waals surface area contributed by atoms with Crippen molar-refractivity contribution in [1.82, 2.24) is 0 Å². The predicted molar refractivity (Wildman–Crippen MR) is 130 cm³/mol. The van der Waals surface area contributed by atoms with Crippen molar-refractivity contribution < 1.29 is 23.9 Å². The molecule has 1 aliphatic rings. The van der Waals surface area contributed by atoms with Crippen LogP contribution in [-0.4, -0.2) is 31.9 Å². The van der Waals surface area contributed by atoms with Crippen molar-refractivity contribution in [3.63, 3.8) is 0 Å². The molecule has 4 unspecified atom stereocenters. The zero-order chi connectivity index (χ0) is 26.0. The highest BCUT2D eigenvalue weighted by Gasteiger charge is 2.65. The number of esters is 2. The summed E-state index contributed by atoms with van der Waals surface area (Å²) in [6.45, 7) is 1.88.